The Morgan fingerprint density at radius 1 is 1.09 bits per heavy atom. The molecule has 0 saturated heterocycles. The average Bonchev–Trinajstić information content (AvgIpc) is 3.42. The Hall–Kier alpha value is -3.76. The molecule has 2 heterocycles. The summed E-state index contributed by atoms with van der Waals surface area (Å²) in [5.41, 5.74) is 2.33. The number of ether oxygens (including phenoxy) is 2. The molecule has 168 valence electrons. The number of carbonyl (C=O) groups is 1. The highest BCUT2D eigenvalue weighted by Gasteiger charge is 2.20. The number of benzene rings is 2. The Kier molecular flexibility index (Phi) is 6.66. The molecule has 0 saturated carbocycles. The lowest BCUT2D eigenvalue weighted by molar-refractivity contribution is -0.380. The number of thiophene rings is 1. The molecule has 0 aliphatic heterocycles. The highest BCUT2D eigenvalue weighted by Crippen LogP contribution is 2.42. The fourth-order valence-corrected chi connectivity index (χ4v) is 4.62. The topological polar surface area (TPSA) is 104 Å². The Morgan fingerprint density at radius 2 is 1.88 bits per heavy atom. The van der Waals surface area contributed by atoms with Crippen LogP contribution in [0.3, 0.4) is 0 Å². The van der Waals surface area contributed by atoms with Crippen LogP contribution in [0.25, 0.3) is 11.3 Å². The maximum absolute atomic E-state index is 12.6. The van der Waals surface area contributed by atoms with E-state index in [1.165, 1.54) is 23.5 Å². The first-order chi connectivity index (χ1) is 15.9. The molecule has 0 aliphatic rings. The lowest BCUT2D eigenvalue weighted by atomic mass is 10.1. The van der Waals surface area contributed by atoms with Gasteiger partial charge in [-0.2, -0.15) is 0 Å². The number of hydrogen-bond donors (Lipinski definition) is 1. The van der Waals surface area contributed by atoms with Crippen LogP contribution >= 0.6 is 22.7 Å². The van der Waals surface area contributed by atoms with E-state index in [1.807, 2.05) is 62.4 Å². The van der Waals surface area contributed by atoms with Gasteiger partial charge in [-0.15, -0.1) is 0 Å². The van der Waals surface area contributed by atoms with Crippen molar-refractivity contribution in [3.05, 3.63) is 81.2 Å². The zero-order chi connectivity index (χ0) is 23.4. The lowest BCUT2D eigenvalue weighted by Crippen LogP contribution is -2.09. The second-order valence-electron chi connectivity index (χ2n) is 6.89. The molecule has 2 aromatic heterocycles. The number of aromatic nitrogens is 1. The van der Waals surface area contributed by atoms with Crippen molar-refractivity contribution < 1.29 is 19.2 Å². The summed E-state index contributed by atoms with van der Waals surface area (Å²) in [6, 6.07) is 17.8. The Morgan fingerprint density at radius 3 is 2.58 bits per heavy atom. The quantitative estimate of drug-likeness (QED) is 0.227. The molecule has 1 N–H and O–H groups in total. The van der Waals surface area contributed by atoms with E-state index in [1.54, 1.807) is 0 Å². The third-order valence-corrected chi connectivity index (χ3v) is 6.29. The van der Waals surface area contributed by atoms with Gasteiger partial charge in [0, 0.05) is 11.6 Å². The summed E-state index contributed by atoms with van der Waals surface area (Å²) in [4.78, 5) is 27.9. The van der Waals surface area contributed by atoms with Gasteiger partial charge in [0.2, 0.25) is 5.06 Å². The minimum atomic E-state index is -0.525. The van der Waals surface area contributed by atoms with Crippen LogP contribution in [-0.2, 0) is 0 Å². The van der Waals surface area contributed by atoms with Gasteiger partial charge >= 0.3 is 5.00 Å². The van der Waals surface area contributed by atoms with Crippen molar-refractivity contribution in [3.8, 4) is 27.8 Å². The molecule has 10 heteroatoms. The number of aryl methyl sites for hydroxylation is 1. The van der Waals surface area contributed by atoms with Crippen LogP contribution in [0.4, 0.5) is 10.1 Å². The van der Waals surface area contributed by atoms with E-state index in [0.717, 1.165) is 22.5 Å². The second-order valence-corrected chi connectivity index (χ2v) is 8.91. The summed E-state index contributed by atoms with van der Waals surface area (Å²) < 4.78 is 11.8. The molecule has 4 rings (SSSR count). The summed E-state index contributed by atoms with van der Waals surface area (Å²) in [6.07, 6.45) is 0. The maximum Gasteiger partial charge on any atom is 0.324 e. The van der Waals surface area contributed by atoms with Crippen LogP contribution in [0, 0.1) is 17.0 Å². The zero-order valence-corrected chi connectivity index (χ0v) is 19.4. The molecular formula is C23H19N3O5S2. The van der Waals surface area contributed by atoms with E-state index in [0.29, 0.717) is 34.0 Å². The van der Waals surface area contributed by atoms with Gasteiger partial charge in [-0.1, -0.05) is 40.9 Å². The average molecular weight is 482 g/mol. The molecule has 33 heavy (non-hydrogen) atoms. The Balaban J connectivity index is 1.69. The number of anilines is 1. The van der Waals surface area contributed by atoms with Crippen LogP contribution in [0.15, 0.2) is 60.7 Å². The minimum absolute atomic E-state index is 0.101. The molecule has 0 aliphatic carbocycles. The SMILES string of the molecule is CCOc1cc(C)cc(-c2nc(NC(=O)c3ccc([N+](=O)[O-])s3)sc2Oc2ccccc2)c1. The van der Waals surface area contributed by atoms with Crippen molar-refractivity contribution in [3.63, 3.8) is 0 Å². The van der Waals surface area contributed by atoms with Crippen LogP contribution in [0.1, 0.15) is 22.2 Å². The van der Waals surface area contributed by atoms with Crippen LogP contribution in [0.5, 0.6) is 16.6 Å². The highest BCUT2D eigenvalue weighted by atomic mass is 32.1. The molecule has 0 unspecified atom stereocenters. The summed E-state index contributed by atoms with van der Waals surface area (Å²) in [6.45, 7) is 4.40. The Bertz CT molecular complexity index is 1300. The summed E-state index contributed by atoms with van der Waals surface area (Å²) in [7, 11) is 0. The van der Waals surface area contributed by atoms with Gasteiger partial charge in [0.1, 0.15) is 17.2 Å². The van der Waals surface area contributed by atoms with E-state index in [9.17, 15) is 14.9 Å². The van der Waals surface area contributed by atoms with Gasteiger partial charge in [0.05, 0.1) is 16.4 Å². The van der Waals surface area contributed by atoms with Gasteiger partial charge in [-0.3, -0.25) is 20.2 Å². The van der Waals surface area contributed by atoms with Gasteiger partial charge in [-0.05, 0) is 55.8 Å². The van der Waals surface area contributed by atoms with Crippen molar-refractivity contribution >= 4 is 38.7 Å². The predicted molar refractivity (Wildman–Crippen MR) is 129 cm³/mol. The number of rotatable bonds is 8. The number of para-hydroxylation sites is 1. The predicted octanol–water partition coefficient (Wildman–Crippen LogP) is 6.53. The second kappa shape index (κ2) is 9.80. The van der Waals surface area contributed by atoms with E-state index in [4.69, 9.17) is 9.47 Å². The number of thiazole rings is 1. The molecule has 0 fully saturated rings. The smallest absolute Gasteiger partial charge is 0.324 e. The third kappa shape index (κ3) is 5.36. The number of amides is 1. The summed E-state index contributed by atoms with van der Waals surface area (Å²) in [5.74, 6) is 0.869. The zero-order valence-electron chi connectivity index (χ0n) is 17.7. The molecule has 0 bridgehead atoms. The van der Waals surface area contributed by atoms with Crippen LogP contribution < -0.4 is 14.8 Å². The van der Waals surface area contributed by atoms with Gasteiger partial charge < -0.3 is 9.47 Å². The van der Waals surface area contributed by atoms with Gasteiger partial charge in [0.15, 0.2) is 5.13 Å². The first-order valence-electron chi connectivity index (χ1n) is 9.97. The first kappa shape index (κ1) is 22.4. The normalized spacial score (nSPS) is 10.6. The number of nitrogens with one attached hydrogen (secondary N) is 1. The van der Waals surface area contributed by atoms with Gasteiger partial charge in [-0.25, -0.2) is 4.98 Å². The molecule has 4 aromatic rings. The van der Waals surface area contributed by atoms with E-state index >= 15 is 0 Å². The Labute approximate surface area is 197 Å². The number of carbonyl (C=O) groups excluding carboxylic acids is 1. The van der Waals surface area contributed by atoms with Crippen molar-refractivity contribution in [2.45, 2.75) is 13.8 Å². The van der Waals surface area contributed by atoms with E-state index < -0.39 is 10.8 Å². The van der Waals surface area contributed by atoms with E-state index in [2.05, 4.69) is 10.3 Å². The summed E-state index contributed by atoms with van der Waals surface area (Å²) >= 11 is 1.98. The minimum Gasteiger partial charge on any atom is -0.494 e. The molecule has 0 atom stereocenters. The number of nitro groups is 1. The van der Waals surface area contributed by atoms with Gasteiger partial charge in [0.25, 0.3) is 5.91 Å². The maximum atomic E-state index is 12.6. The molecular weight excluding hydrogens is 462 g/mol. The van der Waals surface area contributed by atoms with Crippen LogP contribution in [0.2, 0.25) is 0 Å². The largest absolute Gasteiger partial charge is 0.494 e. The molecule has 0 spiro atoms. The lowest BCUT2D eigenvalue weighted by Gasteiger charge is -2.09. The number of hydrogen-bond acceptors (Lipinski definition) is 8. The molecule has 0 radical (unpaired) electrons. The van der Waals surface area contributed by atoms with E-state index in [-0.39, 0.29) is 9.88 Å². The molecule has 8 nitrogen and oxygen atoms in total. The van der Waals surface area contributed by atoms with Crippen molar-refractivity contribution in [2.24, 2.45) is 0 Å². The third-order valence-electron chi connectivity index (χ3n) is 4.40. The number of nitrogens with zero attached hydrogens (tertiary/aromatic N) is 2. The van der Waals surface area contributed by atoms with Crippen molar-refractivity contribution in [1.82, 2.24) is 4.98 Å². The highest BCUT2D eigenvalue weighted by molar-refractivity contribution is 7.19. The van der Waals surface area contributed by atoms with Crippen molar-refractivity contribution in [1.29, 1.82) is 0 Å². The fourth-order valence-electron chi connectivity index (χ4n) is 3.05. The fraction of sp³-hybridized carbons (Fsp3) is 0.130. The summed E-state index contributed by atoms with van der Waals surface area (Å²) in [5, 5.41) is 14.4. The first-order valence-corrected chi connectivity index (χ1v) is 11.6. The monoisotopic (exact) mass is 481 g/mol. The molecule has 1 amide bonds. The van der Waals surface area contributed by atoms with Crippen molar-refractivity contribution in [2.75, 3.05) is 11.9 Å². The molecule has 2 aromatic carbocycles. The van der Waals surface area contributed by atoms with Crippen LogP contribution in [-0.4, -0.2) is 22.4 Å². The standard InChI is InChI=1S/C23H19N3O5S2/c1-3-30-17-12-14(2)11-15(13-17)20-22(31-16-7-5-4-6-8-16)33-23(24-20)25-21(27)18-9-10-19(32-18)26(28)29/h4-13H,3H2,1-2H3,(H,24,25,27).